The van der Waals surface area contributed by atoms with Crippen molar-refractivity contribution in [3.05, 3.63) is 59.0 Å². The van der Waals surface area contributed by atoms with Crippen LogP contribution in [0.1, 0.15) is 54.3 Å². The van der Waals surface area contributed by atoms with Crippen LogP contribution in [0.2, 0.25) is 0 Å². The van der Waals surface area contributed by atoms with Gasteiger partial charge in [-0.05, 0) is 74.6 Å². The van der Waals surface area contributed by atoms with Gasteiger partial charge in [0.15, 0.2) is 11.5 Å². The largest absolute Gasteiger partial charge is 0.494 e. The lowest BCUT2D eigenvalue weighted by atomic mass is 9.89. The van der Waals surface area contributed by atoms with Crippen molar-refractivity contribution in [1.29, 1.82) is 0 Å². The van der Waals surface area contributed by atoms with Gasteiger partial charge in [-0.1, -0.05) is 31.4 Å². The number of thiophene rings is 1. The first-order chi connectivity index (χ1) is 19.3. The Bertz CT molecular complexity index is 1350. The summed E-state index contributed by atoms with van der Waals surface area (Å²) in [5.41, 5.74) is 2.59. The number of benzene rings is 2. The third-order valence-corrected chi connectivity index (χ3v) is 8.18. The lowest BCUT2D eigenvalue weighted by molar-refractivity contribution is -0.139. The van der Waals surface area contributed by atoms with E-state index in [4.69, 9.17) is 14.6 Å². The Morgan fingerprint density at radius 3 is 2.40 bits per heavy atom. The van der Waals surface area contributed by atoms with Crippen molar-refractivity contribution in [3.63, 3.8) is 0 Å². The van der Waals surface area contributed by atoms with Crippen LogP contribution >= 0.6 is 11.3 Å². The lowest BCUT2D eigenvalue weighted by Gasteiger charge is -2.30. The molecule has 1 aromatic heterocycles. The topological polar surface area (TPSA) is 125 Å². The summed E-state index contributed by atoms with van der Waals surface area (Å²) in [4.78, 5) is 38.9. The number of carbonyl (C=O) groups excluding carboxylic acids is 1. The molecule has 0 atom stereocenters. The van der Waals surface area contributed by atoms with Gasteiger partial charge in [-0.15, -0.1) is 11.3 Å². The van der Waals surface area contributed by atoms with E-state index < -0.39 is 18.5 Å². The molecule has 212 valence electrons. The zero-order chi connectivity index (χ0) is 28.6. The summed E-state index contributed by atoms with van der Waals surface area (Å²) < 4.78 is 10.8. The molecule has 1 saturated carbocycles. The molecule has 0 spiro atoms. The summed E-state index contributed by atoms with van der Waals surface area (Å²) in [6.45, 7) is 4.10. The Balaban J connectivity index is 1.65. The fraction of sp³-hybridized carbons (Fsp3) is 0.367. The summed E-state index contributed by atoms with van der Waals surface area (Å²) in [5.74, 6) is -1.23. The zero-order valence-electron chi connectivity index (χ0n) is 22.6. The van der Waals surface area contributed by atoms with Gasteiger partial charge in [0.05, 0.1) is 6.61 Å². The number of carboxylic acid groups (broad SMARTS) is 2. The minimum atomic E-state index is -1.19. The molecule has 1 heterocycles. The number of nitrogens with one attached hydrogen (secondary N) is 1. The molecular weight excluding hydrogens is 532 g/mol. The van der Waals surface area contributed by atoms with Gasteiger partial charge in [-0.25, -0.2) is 14.4 Å². The van der Waals surface area contributed by atoms with E-state index in [0.29, 0.717) is 40.9 Å². The SMILES string of the molecule is CCOc1ccc(NC(=O)N(CC2CCCCC2)c2cccc(-c3sc(C(=O)O)c(OCC(=O)O)c3C)c2)cc1. The standard InChI is InChI=1S/C30H34N2O7S/c1-3-38-24-14-12-22(13-15-24)31-30(37)32(17-20-8-5-4-6-9-20)23-11-7-10-21(16-23)27-19(2)26(39-18-25(33)34)28(40-27)29(35)36/h7,10-16,20H,3-6,8-9,17-18H2,1-2H3,(H,31,37)(H,33,34)(H,35,36). The van der Waals surface area contributed by atoms with Crippen molar-refractivity contribution in [3.8, 4) is 21.9 Å². The monoisotopic (exact) mass is 566 g/mol. The second-order valence-electron chi connectivity index (χ2n) is 9.75. The number of nitrogens with zero attached hydrogens (tertiary/aromatic N) is 1. The Hall–Kier alpha value is -4.05. The van der Waals surface area contributed by atoms with Crippen molar-refractivity contribution < 1.29 is 34.1 Å². The normalized spacial score (nSPS) is 13.4. The van der Waals surface area contributed by atoms with Crippen molar-refractivity contribution in [2.75, 3.05) is 30.0 Å². The van der Waals surface area contributed by atoms with Gasteiger partial charge in [0.2, 0.25) is 0 Å². The number of ether oxygens (including phenoxy) is 2. The molecule has 3 N–H and O–H groups in total. The van der Waals surface area contributed by atoms with Gasteiger partial charge in [0, 0.05) is 28.4 Å². The summed E-state index contributed by atoms with van der Waals surface area (Å²) in [5, 5.41) is 21.7. The maximum Gasteiger partial charge on any atom is 0.349 e. The zero-order valence-corrected chi connectivity index (χ0v) is 23.5. The van der Waals surface area contributed by atoms with Crippen LogP contribution in [0.15, 0.2) is 48.5 Å². The molecule has 10 heteroatoms. The number of amides is 2. The molecule has 0 bridgehead atoms. The second kappa shape index (κ2) is 13.3. The van der Waals surface area contributed by atoms with E-state index in [9.17, 15) is 19.5 Å². The van der Waals surface area contributed by atoms with Crippen LogP contribution in [0.25, 0.3) is 10.4 Å². The number of carboxylic acids is 2. The average molecular weight is 567 g/mol. The van der Waals surface area contributed by atoms with Crippen LogP contribution < -0.4 is 19.7 Å². The molecule has 2 amide bonds. The van der Waals surface area contributed by atoms with Crippen molar-refractivity contribution >= 4 is 40.7 Å². The van der Waals surface area contributed by atoms with Gasteiger partial charge in [0.1, 0.15) is 11.5 Å². The number of hydrogen-bond acceptors (Lipinski definition) is 6. The van der Waals surface area contributed by atoms with Gasteiger partial charge in [-0.3, -0.25) is 4.90 Å². The molecule has 1 aliphatic carbocycles. The molecule has 1 aliphatic rings. The molecule has 9 nitrogen and oxygen atoms in total. The van der Waals surface area contributed by atoms with Crippen LogP contribution in [-0.2, 0) is 4.79 Å². The number of aromatic carboxylic acids is 1. The van der Waals surface area contributed by atoms with E-state index >= 15 is 0 Å². The fourth-order valence-corrected chi connectivity index (χ4v) is 6.05. The fourth-order valence-electron chi connectivity index (χ4n) is 4.96. The van der Waals surface area contributed by atoms with Crippen LogP contribution in [0.3, 0.4) is 0 Å². The maximum atomic E-state index is 13.6. The van der Waals surface area contributed by atoms with Gasteiger partial charge >= 0.3 is 18.0 Å². The number of rotatable bonds is 11. The quantitative estimate of drug-likeness (QED) is 0.230. The first-order valence-corrected chi connectivity index (χ1v) is 14.2. The number of hydrogen-bond donors (Lipinski definition) is 3. The molecular formula is C30H34N2O7S. The Kier molecular flexibility index (Phi) is 9.65. The molecule has 0 radical (unpaired) electrons. The van der Waals surface area contributed by atoms with Crippen LogP contribution in [0.5, 0.6) is 11.5 Å². The van der Waals surface area contributed by atoms with Crippen molar-refractivity contribution in [1.82, 2.24) is 0 Å². The Morgan fingerprint density at radius 1 is 1.02 bits per heavy atom. The van der Waals surface area contributed by atoms with Gasteiger partial charge in [-0.2, -0.15) is 0 Å². The molecule has 2 aromatic carbocycles. The van der Waals surface area contributed by atoms with Gasteiger partial charge < -0.3 is 25.0 Å². The third kappa shape index (κ3) is 7.12. The lowest BCUT2D eigenvalue weighted by Crippen LogP contribution is -2.39. The van der Waals surface area contributed by atoms with Crippen LogP contribution in [0, 0.1) is 12.8 Å². The van der Waals surface area contributed by atoms with E-state index in [0.717, 1.165) is 48.3 Å². The minimum absolute atomic E-state index is 0.0487. The number of carbonyl (C=O) groups is 3. The second-order valence-corrected chi connectivity index (χ2v) is 10.8. The third-order valence-electron chi connectivity index (χ3n) is 6.87. The summed E-state index contributed by atoms with van der Waals surface area (Å²) in [6.07, 6.45) is 5.61. The predicted octanol–water partition coefficient (Wildman–Crippen LogP) is 6.90. The molecule has 40 heavy (non-hydrogen) atoms. The van der Waals surface area contributed by atoms with E-state index in [1.165, 1.54) is 6.42 Å². The average Bonchev–Trinajstić information content (AvgIpc) is 3.28. The van der Waals surface area contributed by atoms with Gasteiger partial charge in [0.25, 0.3) is 0 Å². The minimum Gasteiger partial charge on any atom is -0.494 e. The van der Waals surface area contributed by atoms with E-state index in [1.54, 1.807) is 24.0 Å². The smallest absolute Gasteiger partial charge is 0.349 e. The number of anilines is 2. The molecule has 0 saturated heterocycles. The molecule has 0 aliphatic heterocycles. The molecule has 0 unspecified atom stereocenters. The first-order valence-electron chi connectivity index (χ1n) is 13.4. The Labute approximate surface area is 237 Å². The first kappa shape index (κ1) is 28.9. The summed E-state index contributed by atoms with van der Waals surface area (Å²) in [7, 11) is 0. The molecule has 4 rings (SSSR count). The summed E-state index contributed by atoms with van der Waals surface area (Å²) in [6, 6.07) is 14.4. The molecule has 3 aromatic rings. The summed E-state index contributed by atoms with van der Waals surface area (Å²) >= 11 is 1.02. The predicted molar refractivity (Wildman–Crippen MR) is 155 cm³/mol. The van der Waals surface area contributed by atoms with Crippen molar-refractivity contribution in [2.24, 2.45) is 5.92 Å². The Morgan fingerprint density at radius 2 is 1.75 bits per heavy atom. The van der Waals surface area contributed by atoms with E-state index in [2.05, 4.69) is 5.32 Å². The highest BCUT2D eigenvalue weighted by atomic mass is 32.1. The van der Waals surface area contributed by atoms with Crippen LogP contribution in [0.4, 0.5) is 16.2 Å². The van der Waals surface area contributed by atoms with E-state index in [1.807, 2.05) is 43.3 Å². The number of aliphatic carboxylic acids is 1. The van der Waals surface area contributed by atoms with Crippen molar-refractivity contribution in [2.45, 2.75) is 46.0 Å². The highest BCUT2D eigenvalue weighted by Gasteiger charge is 2.26. The highest BCUT2D eigenvalue weighted by Crippen LogP contribution is 2.42. The molecule has 1 fully saturated rings. The highest BCUT2D eigenvalue weighted by molar-refractivity contribution is 7.18. The van der Waals surface area contributed by atoms with Crippen LogP contribution in [-0.4, -0.2) is 47.9 Å². The maximum absolute atomic E-state index is 13.6. The van der Waals surface area contributed by atoms with E-state index in [-0.39, 0.29) is 16.7 Å². The number of urea groups is 1.